The van der Waals surface area contributed by atoms with E-state index in [0.717, 1.165) is 5.56 Å². The van der Waals surface area contributed by atoms with Gasteiger partial charge in [-0.25, -0.2) is 0 Å². The number of ether oxygens (including phenoxy) is 1. The number of Topliss-reactive ketones (excluding diaryl/α,β-unsaturated/α-hetero) is 1. The van der Waals surface area contributed by atoms with Gasteiger partial charge in [-0.3, -0.25) is 4.79 Å². The molecule has 0 fully saturated rings. The zero-order valence-electron chi connectivity index (χ0n) is 10.5. The highest BCUT2D eigenvalue weighted by atomic mass is 35.5. The monoisotopic (exact) mass is 275 g/mol. The van der Waals surface area contributed by atoms with Crippen molar-refractivity contribution in [2.75, 3.05) is 5.73 Å². The molecule has 2 aromatic rings. The van der Waals surface area contributed by atoms with E-state index in [1.807, 2.05) is 24.3 Å². The number of carbonyl (C=O) groups excluding carboxylic acids is 1. The molecule has 0 saturated heterocycles. The Kier molecular flexibility index (Phi) is 4.07. The average Bonchev–Trinajstić information content (AvgIpc) is 2.37. The molecule has 2 rings (SSSR count). The van der Waals surface area contributed by atoms with Crippen LogP contribution in [0.5, 0.6) is 5.75 Å². The van der Waals surface area contributed by atoms with Crippen LogP contribution in [0.2, 0.25) is 5.02 Å². The first-order valence-electron chi connectivity index (χ1n) is 5.84. The lowest BCUT2D eigenvalue weighted by molar-refractivity contribution is 0.101. The summed E-state index contributed by atoms with van der Waals surface area (Å²) in [6.07, 6.45) is 0. The second-order valence-electron chi connectivity index (χ2n) is 4.22. The number of nitrogen functional groups attached to an aromatic ring is 1. The molecule has 19 heavy (non-hydrogen) atoms. The van der Waals surface area contributed by atoms with E-state index in [0.29, 0.717) is 28.6 Å². The van der Waals surface area contributed by atoms with Gasteiger partial charge in [-0.15, -0.1) is 0 Å². The predicted octanol–water partition coefficient (Wildman–Crippen LogP) is 3.70. The Morgan fingerprint density at radius 2 is 2.05 bits per heavy atom. The molecule has 0 aliphatic carbocycles. The number of ketones is 1. The molecule has 2 N–H and O–H groups in total. The van der Waals surface area contributed by atoms with Crippen LogP contribution in [0.3, 0.4) is 0 Å². The van der Waals surface area contributed by atoms with Crippen molar-refractivity contribution in [3.05, 3.63) is 58.6 Å². The van der Waals surface area contributed by atoms with Crippen LogP contribution in [0.1, 0.15) is 22.8 Å². The van der Waals surface area contributed by atoms with Crippen molar-refractivity contribution in [3.63, 3.8) is 0 Å². The van der Waals surface area contributed by atoms with Gasteiger partial charge >= 0.3 is 0 Å². The van der Waals surface area contributed by atoms with E-state index in [1.54, 1.807) is 18.2 Å². The molecule has 0 unspecified atom stereocenters. The molecule has 3 nitrogen and oxygen atoms in total. The number of nitrogens with two attached hydrogens (primary N) is 1. The van der Waals surface area contributed by atoms with E-state index >= 15 is 0 Å². The molecule has 0 spiro atoms. The summed E-state index contributed by atoms with van der Waals surface area (Å²) in [7, 11) is 0. The molecule has 0 bridgehead atoms. The third-order valence-corrected chi connectivity index (χ3v) is 2.93. The predicted molar refractivity (Wildman–Crippen MR) is 76.6 cm³/mol. The van der Waals surface area contributed by atoms with Crippen LogP contribution in [-0.4, -0.2) is 5.78 Å². The van der Waals surface area contributed by atoms with Crippen molar-refractivity contribution in [1.29, 1.82) is 0 Å². The summed E-state index contributed by atoms with van der Waals surface area (Å²) < 4.78 is 5.63. The van der Waals surface area contributed by atoms with Gasteiger partial charge in [0.15, 0.2) is 5.78 Å². The number of benzene rings is 2. The summed E-state index contributed by atoms with van der Waals surface area (Å²) >= 11 is 5.90. The van der Waals surface area contributed by atoms with Crippen LogP contribution in [0.25, 0.3) is 0 Å². The molecule has 0 aromatic heterocycles. The van der Waals surface area contributed by atoms with Gasteiger partial charge in [0.1, 0.15) is 12.4 Å². The molecular weight excluding hydrogens is 262 g/mol. The van der Waals surface area contributed by atoms with E-state index in [1.165, 1.54) is 6.92 Å². The van der Waals surface area contributed by atoms with Gasteiger partial charge in [0.2, 0.25) is 0 Å². The lowest BCUT2D eigenvalue weighted by Gasteiger charge is -2.09. The third kappa shape index (κ3) is 3.48. The van der Waals surface area contributed by atoms with Crippen LogP contribution < -0.4 is 10.5 Å². The van der Waals surface area contributed by atoms with Crippen LogP contribution in [-0.2, 0) is 6.61 Å². The van der Waals surface area contributed by atoms with E-state index in [-0.39, 0.29) is 5.78 Å². The molecule has 0 heterocycles. The molecule has 0 amide bonds. The highest BCUT2D eigenvalue weighted by Crippen LogP contribution is 2.21. The molecule has 2 aromatic carbocycles. The van der Waals surface area contributed by atoms with Gasteiger partial charge in [-0.2, -0.15) is 0 Å². The molecule has 0 aliphatic heterocycles. The van der Waals surface area contributed by atoms with Gasteiger partial charge in [0, 0.05) is 16.3 Å². The van der Waals surface area contributed by atoms with Crippen molar-refractivity contribution in [2.24, 2.45) is 0 Å². The molecule has 0 saturated carbocycles. The minimum Gasteiger partial charge on any atom is -0.489 e. The summed E-state index contributed by atoms with van der Waals surface area (Å²) in [6, 6.07) is 12.5. The minimum atomic E-state index is -0.0781. The van der Waals surface area contributed by atoms with Gasteiger partial charge in [-0.1, -0.05) is 23.7 Å². The molecule has 0 aliphatic rings. The van der Waals surface area contributed by atoms with Crippen LogP contribution in [0.15, 0.2) is 42.5 Å². The number of hydrogen-bond acceptors (Lipinski definition) is 3. The maximum absolute atomic E-state index is 11.4. The summed E-state index contributed by atoms with van der Waals surface area (Å²) in [4.78, 5) is 11.4. The Bertz CT molecular complexity index is 611. The zero-order chi connectivity index (χ0) is 13.8. The standard InChI is InChI=1S/C15H14ClNO2/c1-10(18)14-8-13(5-6-15(14)17)19-9-11-3-2-4-12(16)7-11/h2-8H,9,17H2,1H3. The van der Waals surface area contributed by atoms with Crippen molar-refractivity contribution in [3.8, 4) is 5.75 Å². The normalized spacial score (nSPS) is 10.2. The Morgan fingerprint density at radius 3 is 2.74 bits per heavy atom. The van der Waals surface area contributed by atoms with Gasteiger partial charge < -0.3 is 10.5 Å². The maximum atomic E-state index is 11.4. The fourth-order valence-corrected chi connectivity index (χ4v) is 1.94. The van der Waals surface area contributed by atoms with Crippen molar-refractivity contribution < 1.29 is 9.53 Å². The van der Waals surface area contributed by atoms with Crippen LogP contribution >= 0.6 is 11.6 Å². The van der Waals surface area contributed by atoms with Crippen LogP contribution in [0, 0.1) is 0 Å². The summed E-state index contributed by atoms with van der Waals surface area (Å²) in [5.74, 6) is 0.532. The van der Waals surface area contributed by atoms with Crippen molar-refractivity contribution >= 4 is 23.1 Å². The second-order valence-corrected chi connectivity index (χ2v) is 4.66. The Hall–Kier alpha value is -2.00. The first-order chi connectivity index (χ1) is 9.06. The highest BCUT2D eigenvalue weighted by Gasteiger charge is 2.06. The number of anilines is 1. The molecule has 98 valence electrons. The number of halogens is 1. The second kappa shape index (κ2) is 5.76. The fourth-order valence-electron chi connectivity index (χ4n) is 1.72. The summed E-state index contributed by atoms with van der Waals surface area (Å²) in [5.41, 5.74) is 7.63. The van der Waals surface area contributed by atoms with Crippen molar-refractivity contribution in [2.45, 2.75) is 13.5 Å². The highest BCUT2D eigenvalue weighted by molar-refractivity contribution is 6.30. The van der Waals surface area contributed by atoms with Gasteiger partial charge in [0.25, 0.3) is 0 Å². The smallest absolute Gasteiger partial charge is 0.162 e. The third-order valence-electron chi connectivity index (χ3n) is 2.70. The van der Waals surface area contributed by atoms with E-state index < -0.39 is 0 Å². The number of hydrogen-bond donors (Lipinski definition) is 1. The minimum absolute atomic E-state index is 0.0781. The topological polar surface area (TPSA) is 52.3 Å². The van der Waals surface area contributed by atoms with Gasteiger partial charge in [-0.05, 0) is 42.8 Å². The molecule has 4 heteroatoms. The molecule has 0 atom stereocenters. The first kappa shape index (κ1) is 13.4. The number of carbonyl (C=O) groups is 1. The van der Waals surface area contributed by atoms with E-state index in [2.05, 4.69) is 0 Å². The van der Waals surface area contributed by atoms with Crippen molar-refractivity contribution in [1.82, 2.24) is 0 Å². The zero-order valence-corrected chi connectivity index (χ0v) is 11.3. The van der Waals surface area contributed by atoms with Gasteiger partial charge in [0.05, 0.1) is 0 Å². The Morgan fingerprint density at radius 1 is 1.26 bits per heavy atom. The Labute approximate surface area is 117 Å². The maximum Gasteiger partial charge on any atom is 0.162 e. The SMILES string of the molecule is CC(=O)c1cc(OCc2cccc(Cl)c2)ccc1N. The quantitative estimate of drug-likeness (QED) is 0.684. The molecule has 0 radical (unpaired) electrons. The lowest BCUT2D eigenvalue weighted by atomic mass is 10.1. The molecular formula is C15H14ClNO2. The largest absolute Gasteiger partial charge is 0.489 e. The van der Waals surface area contributed by atoms with E-state index in [4.69, 9.17) is 22.1 Å². The lowest BCUT2D eigenvalue weighted by Crippen LogP contribution is -2.01. The number of rotatable bonds is 4. The van der Waals surface area contributed by atoms with Crippen LogP contribution in [0.4, 0.5) is 5.69 Å². The summed E-state index contributed by atoms with van der Waals surface area (Å²) in [6.45, 7) is 1.87. The average molecular weight is 276 g/mol. The Balaban J connectivity index is 2.12. The first-order valence-corrected chi connectivity index (χ1v) is 6.22. The summed E-state index contributed by atoms with van der Waals surface area (Å²) in [5, 5.41) is 0.669. The van der Waals surface area contributed by atoms with E-state index in [9.17, 15) is 4.79 Å². The fraction of sp³-hybridized carbons (Fsp3) is 0.133.